The summed E-state index contributed by atoms with van der Waals surface area (Å²) in [7, 11) is 1.64. The number of hydrogen-bond donors (Lipinski definition) is 1. The first kappa shape index (κ1) is 14.4. The maximum atomic E-state index is 12.2. The predicted molar refractivity (Wildman–Crippen MR) is 80.1 cm³/mol. The third kappa shape index (κ3) is 3.38. The van der Waals surface area contributed by atoms with Gasteiger partial charge in [-0.25, -0.2) is 0 Å². The maximum Gasteiger partial charge on any atom is 0.323 e. The van der Waals surface area contributed by atoms with Gasteiger partial charge >= 0.3 is 5.97 Å². The number of nitrogens with one attached hydrogen (secondary N) is 1. The van der Waals surface area contributed by atoms with Crippen LogP contribution in [0.3, 0.4) is 0 Å². The molecule has 21 heavy (non-hydrogen) atoms. The van der Waals surface area contributed by atoms with Crippen molar-refractivity contribution in [1.82, 2.24) is 5.32 Å². The minimum atomic E-state index is -0.114. The molecule has 0 amide bonds. The van der Waals surface area contributed by atoms with Crippen LogP contribution in [0.4, 0.5) is 0 Å². The van der Waals surface area contributed by atoms with E-state index in [2.05, 4.69) is 5.32 Å². The van der Waals surface area contributed by atoms with Gasteiger partial charge in [0.05, 0.1) is 7.11 Å². The van der Waals surface area contributed by atoms with E-state index < -0.39 is 0 Å². The number of carbonyl (C=O) groups excluding carboxylic acids is 1. The Balaban J connectivity index is 1.49. The van der Waals surface area contributed by atoms with Crippen LogP contribution < -0.4 is 10.1 Å². The first-order valence-corrected chi connectivity index (χ1v) is 7.82. The Labute approximate surface area is 125 Å². The SMILES string of the molecule is COc1ccc(COC(=O)C2CC3CCCCC3N2)cc1. The molecular weight excluding hydrogens is 266 g/mol. The monoisotopic (exact) mass is 289 g/mol. The minimum Gasteiger partial charge on any atom is -0.497 e. The van der Waals surface area contributed by atoms with E-state index in [4.69, 9.17) is 9.47 Å². The van der Waals surface area contributed by atoms with Crippen LogP contribution in [0, 0.1) is 5.92 Å². The van der Waals surface area contributed by atoms with Gasteiger partial charge in [-0.3, -0.25) is 4.79 Å². The van der Waals surface area contributed by atoms with E-state index in [9.17, 15) is 4.79 Å². The summed E-state index contributed by atoms with van der Waals surface area (Å²) >= 11 is 0. The fraction of sp³-hybridized carbons (Fsp3) is 0.588. The van der Waals surface area contributed by atoms with Crippen LogP contribution >= 0.6 is 0 Å². The molecule has 1 aliphatic heterocycles. The summed E-state index contributed by atoms with van der Waals surface area (Å²) in [6, 6.07) is 8.02. The highest BCUT2D eigenvalue weighted by Crippen LogP contribution is 2.33. The van der Waals surface area contributed by atoms with Gasteiger partial charge in [-0.2, -0.15) is 0 Å². The fourth-order valence-corrected chi connectivity index (χ4v) is 3.48. The summed E-state index contributed by atoms with van der Waals surface area (Å²) in [5.74, 6) is 1.36. The molecule has 2 fully saturated rings. The molecule has 0 radical (unpaired) electrons. The van der Waals surface area contributed by atoms with Crippen molar-refractivity contribution in [2.45, 2.75) is 50.8 Å². The molecule has 114 valence electrons. The topological polar surface area (TPSA) is 47.6 Å². The summed E-state index contributed by atoms with van der Waals surface area (Å²) in [6.45, 7) is 0.330. The van der Waals surface area contributed by atoms with E-state index in [1.54, 1.807) is 7.11 Å². The Bertz CT molecular complexity index is 471. The normalized spacial score (nSPS) is 28.0. The van der Waals surface area contributed by atoms with Crippen LogP contribution in [0.15, 0.2) is 24.3 Å². The summed E-state index contributed by atoms with van der Waals surface area (Å²) in [5.41, 5.74) is 0.986. The zero-order valence-electron chi connectivity index (χ0n) is 12.5. The van der Waals surface area contributed by atoms with Crippen molar-refractivity contribution in [3.8, 4) is 5.75 Å². The van der Waals surface area contributed by atoms with Crippen LogP contribution in [0.25, 0.3) is 0 Å². The minimum absolute atomic E-state index is 0.111. The van der Waals surface area contributed by atoms with E-state index in [0.717, 1.165) is 17.7 Å². The van der Waals surface area contributed by atoms with Crippen LogP contribution in [0.2, 0.25) is 0 Å². The van der Waals surface area contributed by atoms with E-state index >= 15 is 0 Å². The molecule has 0 spiro atoms. The van der Waals surface area contributed by atoms with Crippen molar-refractivity contribution in [2.24, 2.45) is 5.92 Å². The Kier molecular flexibility index (Phi) is 4.44. The van der Waals surface area contributed by atoms with E-state index in [-0.39, 0.29) is 12.0 Å². The molecule has 1 aliphatic carbocycles. The van der Waals surface area contributed by atoms with Crippen molar-refractivity contribution in [3.05, 3.63) is 29.8 Å². The fourth-order valence-electron chi connectivity index (χ4n) is 3.48. The van der Waals surface area contributed by atoms with Gasteiger partial charge in [-0.1, -0.05) is 25.0 Å². The van der Waals surface area contributed by atoms with Gasteiger partial charge < -0.3 is 14.8 Å². The highest BCUT2D eigenvalue weighted by atomic mass is 16.5. The lowest BCUT2D eigenvalue weighted by Gasteiger charge is -2.24. The molecule has 4 nitrogen and oxygen atoms in total. The number of ether oxygens (including phenoxy) is 2. The molecule has 1 saturated heterocycles. The summed E-state index contributed by atoms with van der Waals surface area (Å²) in [5, 5.41) is 3.45. The second-order valence-corrected chi connectivity index (χ2v) is 6.06. The predicted octanol–water partition coefficient (Wildman–Crippen LogP) is 2.66. The molecule has 1 N–H and O–H groups in total. The van der Waals surface area contributed by atoms with Crippen molar-refractivity contribution < 1.29 is 14.3 Å². The van der Waals surface area contributed by atoms with Crippen molar-refractivity contribution >= 4 is 5.97 Å². The van der Waals surface area contributed by atoms with Gasteiger partial charge in [0.1, 0.15) is 18.4 Å². The third-order valence-corrected chi connectivity index (χ3v) is 4.69. The van der Waals surface area contributed by atoms with Crippen LogP contribution in [-0.2, 0) is 16.1 Å². The summed E-state index contributed by atoms with van der Waals surface area (Å²) < 4.78 is 10.6. The highest BCUT2D eigenvalue weighted by Gasteiger charge is 2.38. The standard InChI is InChI=1S/C17H23NO3/c1-20-14-8-6-12(7-9-14)11-21-17(19)16-10-13-4-2-3-5-15(13)18-16/h6-9,13,15-16,18H,2-5,10-11H2,1H3. The maximum absolute atomic E-state index is 12.2. The molecule has 4 heteroatoms. The highest BCUT2D eigenvalue weighted by molar-refractivity contribution is 5.76. The average Bonchev–Trinajstić information content (AvgIpc) is 2.97. The number of methoxy groups -OCH3 is 1. The average molecular weight is 289 g/mol. The first-order chi connectivity index (χ1) is 10.3. The van der Waals surface area contributed by atoms with Gasteiger partial charge in [0.25, 0.3) is 0 Å². The summed E-state index contributed by atoms with van der Waals surface area (Å²) in [6.07, 6.45) is 5.97. The lowest BCUT2D eigenvalue weighted by Crippen LogP contribution is -2.37. The zero-order valence-corrected chi connectivity index (χ0v) is 12.5. The second kappa shape index (κ2) is 6.48. The number of esters is 1. The number of hydrogen-bond acceptors (Lipinski definition) is 4. The molecule has 1 aromatic rings. The van der Waals surface area contributed by atoms with Gasteiger partial charge in [-0.15, -0.1) is 0 Å². The lowest BCUT2D eigenvalue weighted by molar-refractivity contribution is -0.147. The van der Waals surface area contributed by atoms with Crippen molar-refractivity contribution in [2.75, 3.05) is 7.11 Å². The van der Waals surface area contributed by atoms with Gasteiger partial charge in [0.15, 0.2) is 0 Å². The van der Waals surface area contributed by atoms with E-state index in [1.807, 2.05) is 24.3 Å². The molecular formula is C17H23NO3. The third-order valence-electron chi connectivity index (χ3n) is 4.69. The largest absolute Gasteiger partial charge is 0.497 e. The molecule has 3 unspecified atom stereocenters. The Morgan fingerprint density at radius 1 is 1.24 bits per heavy atom. The van der Waals surface area contributed by atoms with Crippen LogP contribution in [-0.4, -0.2) is 25.2 Å². The number of benzene rings is 1. The van der Waals surface area contributed by atoms with E-state index in [1.165, 1.54) is 25.7 Å². The molecule has 2 aliphatic rings. The Hall–Kier alpha value is -1.55. The molecule has 1 aromatic carbocycles. The van der Waals surface area contributed by atoms with Crippen molar-refractivity contribution in [1.29, 1.82) is 0 Å². The Morgan fingerprint density at radius 2 is 2.00 bits per heavy atom. The molecule has 1 saturated carbocycles. The zero-order chi connectivity index (χ0) is 14.7. The van der Waals surface area contributed by atoms with Crippen LogP contribution in [0.5, 0.6) is 5.75 Å². The molecule has 3 atom stereocenters. The second-order valence-electron chi connectivity index (χ2n) is 6.06. The van der Waals surface area contributed by atoms with Crippen molar-refractivity contribution in [3.63, 3.8) is 0 Å². The Morgan fingerprint density at radius 3 is 2.71 bits per heavy atom. The lowest BCUT2D eigenvalue weighted by atomic mass is 9.85. The number of rotatable bonds is 4. The smallest absolute Gasteiger partial charge is 0.323 e. The molecule has 3 rings (SSSR count). The van der Waals surface area contributed by atoms with Gasteiger partial charge in [0, 0.05) is 6.04 Å². The van der Waals surface area contributed by atoms with E-state index in [0.29, 0.717) is 18.6 Å². The van der Waals surface area contributed by atoms with Gasteiger partial charge in [0.2, 0.25) is 0 Å². The first-order valence-electron chi connectivity index (χ1n) is 7.82. The number of fused-ring (bicyclic) bond motifs is 1. The quantitative estimate of drug-likeness (QED) is 0.866. The summed E-state index contributed by atoms with van der Waals surface area (Å²) in [4.78, 5) is 12.2. The number of carbonyl (C=O) groups is 1. The van der Waals surface area contributed by atoms with Gasteiger partial charge in [-0.05, 0) is 42.9 Å². The molecule has 0 aromatic heterocycles. The molecule has 1 heterocycles. The molecule has 0 bridgehead atoms. The van der Waals surface area contributed by atoms with Crippen LogP contribution in [0.1, 0.15) is 37.7 Å².